The van der Waals surface area contributed by atoms with Crippen molar-refractivity contribution >= 4 is 27.5 Å². The second-order valence-corrected chi connectivity index (χ2v) is 5.56. The van der Waals surface area contributed by atoms with E-state index in [0.29, 0.717) is 15.1 Å². The van der Waals surface area contributed by atoms with Gasteiger partial charge in [-0.3, -0.25) is 4.98 Å². The van der Waals surface area contributed by atoms with Crippen LogP contribution in [0, 0.1) is 0 Å². The molecule has 21 heavy (non-hydrogen) atoms. The summed E-state index contributed by atoms with van der Waals surface area (Å²) < 4.78 is 40.1. The zero-order chi connectivity index (χ0) is 15.6. The molecule has 2 rings (SSSR count). The highest BCUT2D eigenvalue weighted by atomic mass is 79.9. The van der Waals surface area contributed by atoms with Crippen molar-refractivity contribution in [3.8, 4) is 0 Å². The van der Waals surface area contributed by atoms with Crippen molar-refractivity contribution in [1.82, 2.24) is 10.3 Å². The first kappa shape index (κ1) is 16.3. The number of hydrogen-bond acceptors (Lipinski definition) is 2. The third-order valence-corrected chi connectivity index (χ3v) is 4.36. The predicted octanol–water partition coefficient (Wildman–Crippen LogP) is 4.83. The predicted molar refractivity (Wildman–Crippen MR) is 79.3 cm³/mol. The van der Waals surface area contributed by atoms with Gasteiger partial charge in [-0.1, -0.05) is 23.7 Å². The van der Waals surface area contributed by atoms with Crippen LogP contribution < -0.4 is 5.32 Å². The minimum atomic E-state index is -4.45. The molecule has 1 aromatic carbocycles. The van der Waals surface area contributed by atoms with Crippen LogP contribution in [0.1, 0.15) is 22.7 Å². The van der Waals surface area contributed by atoms with Crippen molar-refractivity contribution in [3.05, 3.63) is 62.8 Å². The van der Waals surface area contributed by atoms with Gasteiger partial charge in [0.25, 0.3) is 0 Å². The molecule has 2 aromatic rings. The van der Waals surface area contributed by atoms with Gasteiger partial charge in [0.05, 0.1) is 16.6 Å². The topological polar surface area (TPSA) is 24.9 Å². The van der Waals surface area contributed by atoms with E-state index < -0.39 is 17.8 Å². The molecule has 0 aliphatic rings. The monoisotopic (exact) mass is 378 g/mol. The Morgan fingerprint density at radius 3 is 2.57 bits per heavy atom. The van der Waals surface area contributed by atoms with Gasteiger partial charge in [-0.15, -0.1) is 0 Å². The Morgan fingerprint density at radius 2 is 1.95 bits per heavy atom. The van der Waals surface area contributed by atoms with Crippen LogP contribution in [0.2, 0.25) is 5.02 Å². The zero-order valence-electron chi connectivity index (χ0n) is 10.9. The number of rotatable bonds is 3. The van der Waals surface area contributed by atoms with Gasteiger partial charge in [-0.25, -0.2) is 0 Å². The van der Waals surface area contributed by atoms with E-state index in [-0.39, 0.29) is 5.56 Å². The molecular formula is C14H11BrClF3N2. The second-order valence-electron chi connectivity index (χ2n) is 4.33. The van der Waals surface area contributed by atoms with Crippen molar-refractivity contribution in [2.75, 3.05) is 7.05 Å². The lowest BCUT2D eigenvalue weighted by atomic mass is 9.96. The number of halogens is 5. The zero-order valence-corrected chi connectivity index (χ0v) is 13.2. The van der Waals surface area contributed by atoms with E-state index in [1.54, 1.807) is 25.2 Å². The Morgan fingerprint density at radius 1 is 1.24 bits per heavy atom. The second kappa shape index (κ2) is 6.34. The Balaban J connectivity index is 2.60. The van der Waals surface area contributed by atoms with Crippen molar-refractivity contribution in [2.24, 2.45) is 0 Å². The van der Waals surface area contributed by atoms with Crippen LogP contribution in [-0.4, -0.2) is 12.0 Å². The van der Waals surface area contributed by atoms with E-state index in [0.717, 1.165) is 12.3 Å². The van der Waals surface area contributed by atoms with Gasteiger partial charge >= 0.3 is 6.18 Å². The maximum Gasteiger partial charge on any atom is 0.416 e. The first-order chi connectivity index (χ1) is 9.86. The van der Waals surface area contributed by atoms with E-state index >= 15 is 0 Å². The van der Waals surface area contributed by atoms with Gasteiger partial charge in [-0.2, -0.15) is 13.2 Å². The molecule has 112 valence electrons. The summed E-state index contributed by atoms with van der Waals surface area (Å²) in [5, 5.41) is 3.24. The fourth-order valence-corrected chi connectivity index (χ4v) is 2.73. The van der Waals surface area contributed by atoms with Crippen molar-refractivity contribution in [1.29, 1.82) is 0 Å². The van der Waals surface area contributed by atoms with Crippen molar-refractivity contribution in [3.63, 3.8) is 0 Å². The van der Waals surface area contributed by atoms with E-state index in [1.807, 2.05) is 0 Å². The molecule has 2 nitrogen and oxygen atoms in total. The molecule has 1 N–H and O–H groups in total. The molecule has 1 heterocycles. The number of benzene rings is 1. The first-order valence-corrected chi connectivity index (χ1v) is 7.15. The fraction of sp³-hybridized carbons (Fsp3) is 0.214. The Hall–Kier alpha value is -1.11. The van der Waals surface area contributed by atoms with E-state index in [4.69, 9.17) is 11.6 Å². The summed E-state index contributed by atoms with van der Waals surface area (Å²) in [4.78, 5) is 3.81. The molecule has 0 fully saturated rings. The highest BCUT2D eigenvalue weighted by Gasteiger charge is 2.35. The minimum Gasteiger partial charge on any atom is -0.309 e. The number of nitrogens with zero attached hydrogens (tertiary/aromatic N) is 1. The highest BCUT2D eigenvalue weighted by Crippen LogP contribution is 2.38. The molecule has 1 atom stereocenters. The Bertz CT molecular complexity index is 646. The number of hydrogen-bond donors (Lipinski definition) is 1. The number of alkyl halides is 3. The molecule has 0 saturated heterocycles. The molecule has 0 aliphatic heterocycles. The van der Waals surface area contributed by atoms with Crippen LogP contribution in [0.15, 0.2) is 41.1 Å². The van der Waals surface area contributed by atoms with E-state index in [9.17, 15) is 13.2 Å². The normalized spacial score (nSPS) is 13.2. The van der Waals surface area contributed by atoms with Crippen LogP contribution in [0.5, 0.6) is 0 Å². The SMILES string of the molecule is CNC(c1cnccc1C(F)(F)F)c1cccc(Br)c1Cl. The van der Waals surface area contributed by atoms with Gasteiger partial charge in [0.15, 0.2) is 0 Å². The van der Waals surface area contributed by atoms with Crippen LogP contribution in [0.4, 0.5) is 13.2 Å². The van der Waals surface area contributed by atoms with Gasteiger partial charge in [0.2, 0.25) is 0 Å². The molecule has 0 aliphatic carbocycles. The summed E-state index contributed by atoms with van der Waals surface area (Å²) in [6.07, 6.45) is -2.12. The molecule has 7 heteroatoms. The maximum absolute atomic E-state index is 13.1. The van der Waals surface area contributed by atoms with Crippen LogP contribution in [-0.2, 0) is 6.18 Å². The van der Waals surface area contributed by atoms with E-state index in [2.05, 4.69) is 26.2 Å². The van der Waals surface area contributed by atoms with Gasteiger partial charge in [0, 0.05) is 22.4 Å². The summed E-state index contributed by atoms with van der Waals surface area (Å²) in [5.41, 5.74) is -0.146. The van der Waals surface area contributed by atoms with Gasteiger partial charge in [0.1, 0.15) is 0 Å². The quantitative estimate of drug-likeness (QED) is 0.826. The largest absolute Gasteiger partial charge is 0.416 e. The molecule has 1 unspecified atom stereocenters. The Labute approximate surface area is 133 Å². The number of pyridine rings is 1. The lowest BCUT2D eigenvalue weighted by Crippen LogP contribution is -2.22. The molecule has 0 amide bonds. The van der Waals surface area contributed by atoms with Crippen molar-refractivity contribution < 1.29 is 13.2 Å². The summed E-state index contributed by atoms with van der Waals surface area (Å²) in [7, 11) is 1.58. The highest BCUT2D eigenvalue weighted by molar-refractivity contribution is 9.10. The average molecular weight is 380 g/mol. The fourth-order valence-electron chi connectivity index (χ4n) is 2.12. The standard InChI is InChI=1S/C14H11BrClF3N2/c1-20-13(8-3-2-4-11(15)12(8)16)9-7-21-6-5-10(9)14(17,18)19/h2-7,13,20H,1H3. The summed E-state index contributed by atoms with van der Waals surface area (Å²) in [6, 6.07) is 5.39. The van der Waals surface area contributed by atoms with E-state index in [1.165, 1.54) is 6.20 Å². The third-order valence-electron chi connectivity index (χ3n) is 3.05. The molecule has 0 spiro atoms. The average Bonchev–Trinajstić information content (AvgIpc) is 2.44. The number of nitrogens with one attached hydrogen (secondary N) is 1. The molecule has 0 radical (unpaired) electrons. The maximum atomic E-state index is 13.1. The lowest BCUT2D eigenvalue weighted by Gasteiger charge is -2.22. The minimum absolute atomic E-state index is 0.0347. The van der Waals surface area contributed by atoms with Gasteiger partial charge < -0.3 is 5.32 Å². The van der Waals surface area contributed by atoms with Crippen molar-refractivity contribution in [2.45, 2.75) is 12.2 Å². The third kappa shape index (κ3) is 3.39. The summed E-state index contributed by atoms with van der Waals surface area (Å²) >= 11 is 9.47. The van der Waals surface area contributed by atoms with Crippen LogP contribution >= 0.6 is 27.5 Å². The van der Waals surface area contributed by atoms with Gasteiger partial charge in [-0.05, 0) is 40.7 Å². The summed E-state index contributed by atoms with van der Waals surface area (Å²) in [6.45, 7) is 0. The molecular weight excluding hydrogens is 369 g/mol. The lowest BCUT2D eigenvalue weighted by molar-refractivity contribution is -0.138. The molecule has 0 saturated carbocycles. The number of aromatic nitrogens is 1. The Kier molecular flexibility index (Phi) is 4.91. The first-order valence-electron chi connectivity index (χ1n) is 5.98. The molecule has 1 aromatic heterocycles. The van der Waals surface area contributed by atoms with Crippen LogP contribution in [0.3, 0.4) is 0 Å². The van der Waals surface area contributed by atoms with Crippen LogP contribution in [0.25, 0.3) is 0 Å². The molecule has 0 bridgehead atoms. The smallest absolute Gasteiger partial charge is 0.309 e. The summed E-state index contributed by atoms with van der Waals surface area (Å²) in [5.74, 6) is 0.